The molecular weight excluding hydrogens is 376 g/mol. The van der Waals surface area contributed by atoms with Crippen LogP contribution < -0.4 is 26.6 Å². The van der Waals surface area contributed by atoms with Gasteiger partial charge < -0.3 is 15.2 Å². The second-order valence-electron chi connectivity index (χ2n) is 6.64. The van der Waals surface area contributed by atoms with Crippen LogP contribution in [0.15, 0.2) is 33.9 Å². The lowest BCUT2D eigenvalue weighted by atomic mass is 10.2. The fourth-order valence-corrected chi connectivity index (χ4v) is 2.85. The van der Waals surface area contributed by atoms with E-state index in [0.29, 0.717) is 18.7 Å². The molecule has 1 aromatic heterocycles. The first-order chi connectivity index (χ1) is 13.9. The third kappa shape index (κ3) is 5.71. The van der Waals surface area contributed by atoms with Gasteiger partial charge in [-0.25, -0.2) is 4.79 Å². The van der Waals surface area contributed by atoms with E-state index in [-0.39, 0.29) is 31.3 Å². The first kappa shape index (κ1) is 22.2. The van der Waals surface area contributed by atoms with Gasteiger partial charge in [0, 0.05) is 20.2 Å². The molecule has 2 aromatic rings. The maximum Gasteiger partial charge on any atom is 0.330 e. The lowest BCUT2D eigenvalue weighted by Crippen LogP contribution is -2.44. The number of carbonyl (C=O) groups excluding carboxylic acids is 1. The Hall–Kier alpha value is -3.07. The van der Waals surface area contributed by atoms with Crippen molar-refractivity contribution < 1.29 is 14.3 Å². The van der Waals surface area contributed by atoms with E-state index < -0.39 is 17.2 Å². The van der Waals surface area contributed by atoms with E-state index in [0.717, 1.165) is 12.0 Å². The predicted molar refractivity (Wildman–Crippen MR) is 112 cm³/mol. The zero-order valence-corrected chi connectivity index (χ0v) is 17.1. The molecule has 9 nitrogen and oxygen atoms in total. The van der Waals surface area contributed by atoms with E-state index in [9.17, 15) is 14.4 Å². The van der Waals surface area contributed by atoms with Crippen molar-refractivity contribution in [3.05, 3.63) is 50.7 Å². The second-order valence-corrected chi connectivity index (χ2v) is 6.64. The molecule has 0 spiro atoms. The number of nitrogens with two attached hydrogens (primary N) is 1. The van der Waals surface area contributed by atoms with Crippen molar-refractivity contribution in [2.24, 2.45) is 0 Å². The molecule has 0 atom stereocenters. The van der Waals surface area contributed by atoms with Crippen molar-refractivity contribution in [2.45, 2.75) is 33.2 Å². The minimum absolute atomic E-state index is 0.0489. The number of aryl methyl sites for hydroxylation is 1. The van der Waals surface area contributed by atoms with Crippen molar-refractivity contribution in [3.63, 3.8) is 0 Å². The summed E-state index contributed by atoms with van der Waals surface area (Å²) in [6, 6.07) is 7.29. The number of amides is 1. The van der Waals surface area contributed by atoms with Crippen molar-refractivity contribution >= 4 is 17.4 Å². The summed E-state index contributed by atoms with van der Waals surface area (Å²) in [4.78, 5) is 41.0. The number of carbonyl (C=O) groups is 1. The van der Waals surface area contributed by atoms with Crippen LogP contribution in [0, 0.1) is 6.92 Å². The number of rotatable bonds is 10. The Morgan fingerprint density at radius 3 is 2.72 bits per heavy atom. The third-order valence-corrected chi connectivity index (χ3v) is 4.39. The third-order valence-electron chi connectivity index (χ3n) is 4.39. The first-order valence-corrected chi connectivity index (χ1v) is 9.50. The number of nitrogen functional groups attached to an aromatic ring is 1. The van der Waals surface area contributed by atoms with Gasteiger partial charge in [-0.05, 0) is 31.0 Å². The Bertz CT molecular complexity index is 951. The number of anilines is 2. The molecule has 0 aliphatic rings. The number of methoxy groups -OCH3 is 1. The Labute approximate surface area is 169 Å². The van der Waals surface area contributed by atoms with Crippen LogP contribution in [0.3, 0.4) is 0 Å². The number of unbranched alkanes of at least 4 members (excludes halogenated alkanes) is 1. The van der Waals surface area contributed by atoms with Crippen LogP contribution in [0.25, 0.3) is 0 Å². The zero-order chi connectivity index (χ0) is 21.4. The highest BCUT2D eigenvalue weighted by Gasteiger charge is 2.24. The van der Waals surface area contributed by atoms with Gasteiger partial charge in [-0.2, -0.15) is 0 Å². The second kappa shape index (κ2) is 10.5. The number of H-pyrrole nitrogens is 1. The lowest BCUT2D eigenvalue weighted by molar-refractivity contribution is -0.120. The largest absolute Gasteiger partial charge is 0.484 e. The summed E-state index contributed by atoms with van der Waals surface area (Å²) in [6.45, 7) is 4.22. The smallest absolute Gasteiger partial charge is 0.330 e. The minimum Gasteiger partial charge on any atom is -0.484 e. The van der Waals surface area contributed by atoms with E-state index in [1.165, 1.54) is 16.6 Å². The number of hydrogen-bond donors (Lipinski definition) is 2. The zero-order valence-electron chi connectivity index (χ0n) is 17.1. The average molecular weight is 404 g/mol. The molecule has 0 aliphatic carbocycles. The normalized spacial score (nSPS) is 10.7. The molecule has 29 heavy (non-hydrogen) atoms. The van der Waals surface area contributed by atoms with Gasteiger partial charge in [0.05, 0.1) is 6.61 Å². The van der Waals surface area contributed by atoms with E-state index in [2.05, 4.69) is 4.98 Å². The maximum atomic E-state index is 12.9. The topological polar surface area (TPSA) is 120 Å². The highest BCUT2D eigenvalue weighted by molar-refractivity contribution is 5.96. The van der Waals surface area contributed by atoms with Gasteiger partial charge >= 0.3 is 5.69 Å². The number of hydrogen-bond acceptors (Lipinski definition) is 6. The van der Waals surface area contributed by atoms with Crippen molar-refractivity contribution in [1.82, 2.24) is 9.55 Å². The van der Waals surface area contributed by atoms with E-state index in [1.807, 2.05) is 26.0 Å². The first-order valence-electron chi connectivity index (χ1n) is 9.50. The molecule has 0 aliphatic heterocycles. The van der Waals surface area contributed by atoms with Crippen LogP contribution in [0.2, 0.25) is 0 Å². The van der Waals surface area contributed by atoms with E-state index in [1.54, 1.807) is 12.1 Å². The molecule has 0 fully saturated rings. The summed E-state index contributed by atoms with van der Waals surface area (Å²) in [5.74, 6) is 0.0218. The molecule has 0 radical (unpaired) electrons. The standard InChI is InChI=1S/C20H28N4O5/c1-4-5-9-24-18(21)17(19(26)22-20(24)27)23(10-11-28-3)16(25)13-29-15-8-6-7-14(2)12-15/h6-8,12H,4-5,9-11,13,21H2,1-3H3,(H,22,26,27). The number of nitrogens with zero attached hydrogens (tertiary/aromatic N) is 2. The van der Waals surface area contributed by atoms with Crippen molar-refractivity contribution in [2.75, 3.05) is 37.5 Å². The van der Waals surface area contributed by atoms with Crippen molar-refractivity contribution in [3.8, 4) is 5.75 Å². The molecule has 1 amide bonds. The number of nitrogens with one attached hydrogen (secondary N) is 1. The molecule has 9 heteroatoms. The summed E-state index contributed by atoms with van der Waals surface area (Å²) >= 11 is 0. The van der Waals surface area contributed by atoms with Crippen LogP contribution in [-0.4, -0.2) is 42.3 Å². The van der Waals surface area contributed by atoms with E-state index in [4.69, 9.17) is 15.2 Å². The Kier molecular flexibility index (Phi) is 8.02. The van der Waals surface area contributed by atoms with Gasteiger partial charge in [0.2, 0.25) is 0 Å². The van der Waals surface area contributed by atoms with Gasteiger partial charge in [-0.3, -0.25) is 24.0 Å². The summed E-state index contributed by atoms with van der Waals surface area (Å²) in [7, 11) is 1.49. The van der Waals surface area contributed by atoms with Crippen LogP contribution in [0.1, 0.15) is 25.3 Å². The van der Waals surface area contributed by atoms with Crippen molar-refractivity contribution in [1.29, 1.82) is 0 Å². The van der Waals surface area contributed by atoms with E-state index >= 15 is 0 Å². The summed E-state index contributed by atoms with van der Waals surface area (Å²) in [6.07, 6.45) is 1.55. The highest BCUT2D eigenvalue weighted by atomic mass is 16.5. The molecule has 2 rings (SSSR count). The van der Waals surface area contributed by atoms with Gasteiger partial charge in [0.25, 0.3) is 11.5 Å². The average Bonchev–Trinajstić information content (AvgIpc) is 2.68. The number of ether oxygens (including phenoxy) is 2. The minimum atomic E-state index is -0.722. The number of aromatic nitrogens is 2. The van der Waals surface area contributed by atoms with Gasteiger partial charge in [-0.15, -0.1) is 0 Å². The Morgan fingerprint density at radius 1 is 1.31 bits per heavy atom. The fourth-order valence-electron chi connectivity index (χ4n) is 2.85. The fraction of sp³-hybridized carbons (Fsp3) is 0.450. The molecule has 1 heterocycles. The maximum absolute atomic E-state index is 12.9. The quantitative estimate of drug-likeness (QED) is 0.616. The SMILES string of the molecule is CCCCn1c(N)c(N(CCOC)C(=O)COc2cccc(C)c2)c(=O)[nH]c1=O. The molecular formula is C20H28N4O5. The molecule has 0 saturated carbocycles. The molecule has 0 saturated heterocycles. The highest BCUT2D eigenvalue weighted by Crippen LogP contribution is 2.18. The number of aromatic amines is 1. The molecule has 1 aromatic carbocycles. The van der Waals surface area contributed by atoms with Gasteiger partial charge in [0.1, 0.15) is 11.6 Å². The van der Waals surface area contributed by atoms with Gasteiger partial charge in [0.15, 0.2) is 12.3 Å². The van der Waals surface area contributed by atoms with Crippen LogP contribution >= 0.6 is 0 Å². The van der Waals surface area contributed by atoms with Gasteiger partial charge in [-0.1, -0.05) is 25.5 Å². The summed E-state index contributed by atoms with van der Waals surface area (Å²) < 4.78 is 11.9. The number of benzene rings is 1. The monoisotopic (exact) mass is 404 g/mol. The molecule has 0 bridgehead atoms. The Morgan fingerprint density at radius 2 is 2.07 bits per heavy atom. The molecule has 3 N–H and O–H groups in total. The van der Waals surface area contributed by atoms with Crippen LogP contribution in [-0.2, 0) is 16.1 Å². The molecule has 0 unspecified atom stereocenters. The summed E-state index contributed by atoms with van der Waals surface area (Å²) in [5.41, 5.74) is 5.73. The lowest BCUT2D eigenvalue weighted by Gasteiger charge is -2.24. The Balaban J connectivity index is 2.34. The van der Waals surface area contributed by atoms with Crippen LogP contribution in [0.4, 0.5) is 11.5 Å². The predicted octanol–water partition coefficient (Wildman–Crippen LogP) is 1.29. The van der Waals surface area contributed by atoms with Crippen LogP contribution in [0.5, 0.6) is 5.75 Å². The summed E-state index contributed by atoms with van der Waals surface area (Å²) in [5, 5.41) is 0. The molecule has 158 valence electrons.